The third-order valence-corrected chi connectivity index (χ3v) is 3.84. The van der Waals surface area contributed by atoms with Crippen molar-refractivity contribution in [2.45, 2.75) is 39.0 Å². The van der Waals surface area contributed by atoms with Gasteiger partial charge in [-0.15, -0.1) is 0 Å². The van der Waals surface area contributed by atoms with Crippen molar-refractivity contribution >= 4 is 6.03 Å². The first-order chi connectivity index (χ1) is 12.1. The molecule has 0 spiro atoms. The molecule has 132 valence electrons. The van der Waals surface area contributed by atoms with E-state index in [-0.39, 0.29) is 18.2 Å². The predicted octanol–water partition coefficient (Wildman–Crippen LogP) is 2.67. The molecule has 0 aliphatic carbocycles. The number of nitrogens with one attached hydrogen (secondary N) is 2. The van der Waals surface area contributed by atoms with Gasteiger partial charge in [0.2, 0.25) is 5.88 Å². The summed E-state index contributed by atoms with van der Waals surface area (Å²) < 4.78 is 11.5. The second-order valence-corrected chi connectivity index (χ2v) is 6.25. The molecule has 3 rings (SSSR count). The summed E-state index contributed by atoms with van der Waals surface area (Å²) in [5, 5.41) is 5.69. The lowest BCUT2D eigenvalue weighted by molar-refractivity contribution is 0.213. The number of ether oxygens (including phenoxy) is 2. The summed E-state index contributed by atoms with van der Waals surface area (Å²) in [6.07, 6.45) is 2.49. The van der Waals surface area contributed by atoms with Crippen LogP contribution in [0, 0.1) is 0 Å². The molecule has 6 nitrogen and oxygen atoms in total. The molecule has 1 unspecified atom stereocenters. The van der Waals surface area contributed by atoms with Crippen molar-refractivity contribution in [3.63, 3.8) is 0 Å². The molecule has 25 heavy (non-hydrogen) atoms. The Balaban J connectivity index is 1.45. The minimum atomic E-state index is -0.237. The minimum Gasteiger partial charge on any atom is -0.488 e. The number of nitrogens with zero attached hydrogens (tertiary/aromatic N) is 1. The van der Waals surface area contributed by atoms with E-state index in [0.29, 0.717) is 19.0 Å². The quantitative estimate of drug-likeness (QED) is 0.847. The molecule has 0 bridgehead atoms. The van der Waals surface area contributed by atoms with Crippen molar-refractivity contribution in [1.82, 2.24) is 15.6 Å². The molecule has 2 heterocycles. The Labute approximate surface area is 147 Å². The number of carbonyl (C=O) groups excluding carboxylic acids is 1. The number of benzene rings is 1. The zero-order valence-electron chi connectivity index (χ0n) is 14.5. The molecule has 1 aliphatic rings. The van der Waals surface area contributed by atoms with Crippen molar-refractivity contribution in [3.8, 4) is 11.6 Å². The van der Waals surface area contributed by atoms with E-state index in [1.54, 1.807) is 6.20 Å². The van der Waals surface area contributed by atoms with Crippen molar-refractivity contribution in [3.05, 3.63) is 53.7 Å². The number of para-hydroxylation sites is 1. The molecule has 0 saturated carbocycles. The van der Waals surface area contributed by atoms with Crippen LogP contribution in [0.25, 0.3) is 0 Å². The molecule has 0 radical (unpaired) electrons. The fraction of sp³-hybridized carbons (Fsp3) is 0.368. The molecule has 1 aromatic carbocycles. The van der Waals surface area contributed by atoms with E-state index in [4.69, 9.17) is 9.47 Å². The van der Waals surface area contributed by atoms with Crippen LogP contribution < -0.4 is 20.1 Å². The molecular formula is C19H23N3O3. The Hall–Kier alpha value is -2.76. The average Bonchev–Trinajstić information content (AvgIpc) is 3.01. The molecule has 0 fully saturated rings. The van der Waals surface area contributed by atoms with E-state index in [9.17, 15) is 4.79 Å². The van der Waals surface area contributed by atoms with Gasteiger partial charge in [0.25, 0.3) is 0 Å². The van der Waals surface area contributed by atoms with Crippen LogP contribution >= 0.6 is 0 Å². The lowest BCUT2D eigenvalue weighted by Gasteiger charge is -2.15. The highest BCUT2D eigenvalue weighted by Gasteiger charge is 2.22. The second-order valence-electron chi connectivity index (χ2n) is 6.25. The van der Waals surface area contributed by atoms with Crippen LogP contribution in [0.2, 0.25) is 0 Å². The number of pyridine rings is 1. The van der Waals surface area contributed by atoms with E-state index in [1.807, 2.05) is 50.2 Å². The van der Waals surface area contributed by atoms with Crippen molar-refractivity contribution in [1.29, 1.82) is 0 Å². The van der Waals surface area contributed by atoms with Crippen LogP contribution in [0.1, 0.15) is 25.0 Å². The molecule has 0 saturated heterocycles. The molecule has 2 aromatic rings. The Morgan fingerprint density at radius 1 is 1.28 bits per heavy atom. The number of hydrogen-bond acceptors (Lipinski definition) is 4. The van der Waals surface area contributed by atoms with Gasteiger partial charge in [-0.3, -0.25) is 0 Å². The largest absolute Gasteiger partial charge is 0.488 e. The second kappa shape index (κ2) is 7.88. The van der Waals surface area contributed by atoms with Gasteiger partial charge in [0.1, 0.15) is 11.9 Å². The summed E-state index contributed by atoms with van der Waals surface area (Å²) in [4.78, 5) is 16.3. The van der Waals surface area contributed by atoms with Gasteiger partial charge in [0.05, 0.1) is 12.6 Å². The predicted molar refractivity (Wildman–Crippen MR) is 94.8 cm³/mol. The van der Waals surface area contributed by atoms with Gasteiger partial charge < -0.3 is 20.1 Å². The normalized spacial score (nSPS) is 15.4. The molecule has 2 N–H and O–H groups in total. The maximum atomic E-state index is 12.0. The number of aromatic nitrogens is 1. The summed E-state index contributed by atoms with van der Waals surface area (Å²) in [6.45, 7) is 4.70. The standard InChI is InChI=1S/C19H23N3O3/c1-13(2)24-18-15(7-5-9-20-18)11-21-19(23)22-12-16-10-14-6-3-4-8-17(14)25-16/h3-9,13,16H,10-12H2,1-2H3,(H2,21,22,23). The Morgan fingerprint density at radius 3 is 2.92 bits per heavy atom. The van der Waals surface area contributed by atoms with Crippen molar-refractivity contribution < 1.29 is 14.3 Å². The number of carbonyl (C=O) groups is 1. The maximum Gasteiger partial charge on any atom is 0.315 e. The average molecular weight is 341 g/mol. The van der Waals surface area contributed by atoms with Gasteiger partial charge in [-0.05, 0) is 31.5 Å². The highest BCUT2D eigenvalue weighted by molar-refractivity contribution is 5.73. The number of amides is 2. The van der Waals surface area contributed by atoms with Crippen LogP contribution in [0.5, 0.6) is 11.6 Å². The Bertz CT molecular complexity index is 708. The van der Waals surface area contributed by atoms with E-state index in [0.717, 1.165) is 17.7 Å². The third kappa shape index (κ3) is 4.62. The van der Waals surface area contributed by atoms with Gasteiger partial charge in [-0.2, -0.15) is 0 Å². The summed E-state index contributed by atoms with van der Waals surface area (Å²) in [5.74, 6) is 1.45. The van der Waals surface area contributed by atoms with Crippen molar-refractivity contribution in [2.24, 2.45) is 0 Å². The monoisotopic (exact) mass is 341 g/mol. The van der Waals surface area contributed by atoms with Crippen LogP contribution in [-0.2, 0) is 13.0 Å². The van der Waals surface area contributed by atoms with Gasteiger partial charge in [0, 0.05) is 24.7 Å². The first kappa shape index (κ1) is 17.1. The Kier molecular flexibility index (Phi) is 5.38. The molecule has 1 atom stereocenters. The lowest BCUT2D eigenvalue weighted by atomic mass is 10.1. The van der Waals surface area contributed by atoms with Crippen molar-refractivity contribution in [2.75, 3.05) is 6.54 Å². The van der Waals surface area contributed by atoms with Gasteiger partial charge in [-0.1, -0.05) is 24.3 Å². The van der Waals surface area contributed by atoms with Crippen LogP contribution in [0.4, 0.5) is 4.79 Å². The molecule has 1 aliphatic heterocycles. The molecule has 1 aromatic heterocycles. The van der Waals surface area contributed by atoms with Crippen LogP contribution in [0.15, 0.2) is 42.6 Å². The molecular weight excluding hydrogens is 318 g/mol. The first-order valence-corrected chi connectivity index (χ1v) is 8.48. The van der Waals surface area contributed by atoms with E-state index in [1.165, 1.54) is 5.56 Å². The van der Waals surface area contributed by atoms with Crippen LogP contribution in [-0.4, -0.2) is 29.8 Å². The molecule has 6 heteroatoms. The highest BCUT2D eigenvalue weighted by Crippen LogP contribution is 2.27. The smallest absolute Gasteiger partial charge is 0.315 e. The molecule has 2 amide bonds. The van der Waals surface area contributed by atoms with Gasteiger partial charge >= 0.3 is 6.03 Å². The van der Waals surface area contributed by atoms with E-state index < -0.39 is 0 Å². The third-order valence-electron chi connectivity index (χ3n) is 3.84. The number of hydrogen-bond donors (Lipinski definition) is 2. The fourth-order valence-corrected chi connectivity index (χ4v) is 2.70. The first-order valence-electron chi connectivity index (χ1n) is 8.48. The summed E-state index contributed by atoms with van der Waals surface area (Å²) in [6, 6.07) is 11.4. The Morgan fingerprint density at radius 2 is 2.12 bits per heavy atom. The summed E-state index contributed by atoms with van der Waals surface area (Å²) >= 11 is 0. The number of rotatable bonds is 6. The summed E-state index contributed by atoms with van der Waals surface area (Å²) in [5.41, 5.74) is 2.02. The number of urea groups is 1. The van der Waals surface area contributed by atoms with E-state index in [2.05, 4.69) is 15.6 Å². The SMILES string of the molecule is CC(C)Oc1ncccc1CNC(=O)NCC1Cc2ccccc2O1. The minimum absolute atomic E-state index is 0.0265. The van der Waals surface area contributed by atoms with E-state index >= 15 is 0 Å². The zero-order chi connectivity index (χ0) is 17.6. The lowest BCUT2D eigenvalue weighted by Crippen LogP contribution is -2.40. The topological polar surface area (TPSA) is 72.5 Å². The zero-order valence-corrected chi connectivity index (χ0v) is 14.5. The van der Waals surface area contributed by atoms with Crippen LogP contribution in [0.3, 0.4) is 0 Å². The number of fused-ring (bicyclic) bond motifs is 1. The summed E-state index contributed by atoms with van der Waals surface area (Å²) in [7, 11) is 0. The highest BCUT2D eigenvalue weighted by atomic mass is 16.5. The van der Waals surface area contributed by atoms with Gasteiger partial charge in [-0.25, -0.2) is 9.78 Å². The maximum absolute atomic E-state index is 12.0. The fourth-order valence-electron chi connectivity index (χ4n) is 2.70. The van der Waals surface area contributed by atoms with Gasteiger partial charge in [0.15, 0.2) is 0 Å².